The number of aromatic nitrogens is 2. The van der Waals surface area contributed by atoms with Gasteiger partial charge in [0, 0.05) is 34.5 Å². The van der Waals surface area contributed by atoms with Gasteiger partial charge in [0.1, 0.15) is 10.7 Å². The molecule has 2 heterocycles. The van der Waals surface area contributed by atoms with Crippen molar-refractivity contribution in [2.45, 2.75) is 26.5 Å². The molecule has 1 fully saturated rings. The van der Waals surface area contributed by atoms with Gasteiger partial charge in [0.15, 0.2) is 6.10 Å². The number of esters is 1. The molecule has 1 saturated heterocycles. The van der Waals surface area contributed by atoms with Gasteiger partial charge in [0.05, 0.1) is 25.5 Å². The first-order valence-electron chi connectivity index (χ1n) is 11.3. The van der Waals surface area contributed by atoms with Crippen LogP contribution in [-0.2, 0) is 20.8 Å². The van der Waals surface area contributed by atoms with E-state index in [-0.39, 0.29) is 17.3 Å². The Kier molecular flexibility index (Phi) is 8.41. The molecule has 190 valence electrons. The van der Waals surface area contributed by atoms with Crippen LogP contribution >= 0.6 is 34.8 Å². The molecule has 1 aliphatic rings. The molecule has 36 heavy (non-hydrogen) atoms. The van der Waals surface area contributed by atoms with E-state index in [0.29, 0.717) is 34.6 Å². The molecular formula is C25H25Cl3N4O4. The van der Waals surface area contributed by atoms with Crippen LogP contribution in [0.4, 0.5) is 11.4 Å². The third kappa shape index (κ3) is 6.13. The van der Waals surface area contributed by atoms with E-state index in [2.05, 4.69) is 15.3 Å². The minimum Gasteiger partial charge on any atom is -0.449 e. The highest BCUT2D eigenvalue weighted by Crippen LogP contribution is 2.26. The van der Waals surface area contributed by atoms with Crippen molar-refractivity contribution in [1.29, 1.82) is 0 Å². The average molecular weight is 552 g/mol. The van der Waals surface area contributed by atoms with Crippen LogP contribution in [0.1, 0.15) is 28.5 Å². The zero-order chi connectivity index (χ0) is 25.8. The molecule has 0 radical (unpaired) electrons. The van der Waals surface area contributed by atoms with Crippen LogP contribution in [0.25, 0.3) is 0 Å². The van der Waals surface area contributed by atoms with Crippen molar-refractivity contribution >= 4 is 58.1 Å². The number of aryl methyl sites for hydroxylation is 1. The number of nitrogens with zero attached hydrogens (tertiary/aromatic N) is 3. The number of nitrogens with one attached hydrogen (secondary N) is 1. The van der Waals surface area contributed by atoms with Crippen LogP contribution < -0.4 is 10.2 Å². The van der Waals surface area contributed by atoms with E-state index in [4.69, 9.17) is 44.3 Å². The Morgan fingerprint density at radius 1 is 1.11 bits per heavy atom. The monoisotopic (exact) mass is 550 g/mol. The molecule has 0 aliphatic carbocycles. The first-order valence-corrected chi connectivity index (χ1v) is 12.5. The van der Waals surface area contributed by atoms with Crippen molar-refractivity contribution in [3.63, 3.8) is 0 Å². The van der Waals surface area contributed by atoms with Gasteiger partial charge in [-0.1, -0.05) is 40.9 Å². The van der Waals surface area contributed by atoms with Gasteiger partial charge < -0.3 is 19.7 Å². The summed E-state index contributed by atoms with van der Waals surface area (Å²) in [6, 6.07) is 12.6. The van der Waals surface area contributed by atoms with Gasteiger partial charge in [0.2, 0.25) is 0 Å². The second kappa shape index (κ2) is 11.5. The van der Waals surface area contributed by atoms with E-state index in [0.717, 1.165) is 24.3 Å². The van der Waals surface area contributed by atoms with Crippen LogP contribution in [0.3, 0.4) is 0 Å². The number of amides is 1. The lowest BCUT2D eigenvalue weighted by Gasteiger charge is -2.28. The summed E-state index contributed by atoms with van der Waals surface area (Å²) in [5.41, 5.74) is 2.86. The Bertz CT molecular complexity index is 1260. The van der Waals surface area contributed by atoms with Crippen LogP contribution in [0.15, 0.2) is 42.5 Å². The van der Waals surface area contributed by atoms with Gasteiger partial charge in [-0.3, -0.25) is 4.79 Å². The van der Waals surface area contributed by atoms with Crippen molar-refractivity contribution in [2.24, 2.45) is 0 Å². The Hall–Kier alpha value is -2.78. The van der Waals surface area contributed by atoms with E-state index in [1.165, 1.54) is 11.6 Å². The molecule has 0 spiro atoms. The van der Waals surface area contributed by atoms with E-state index in [1.54, 1.807) is 25.1 Å². The molecule has 1 unspecified atom stereocenters. The lowest BCUT2D eigenvalue weighted by atomic mass is 10.2. The van der Waals surface area contributed by atoms with Crippen LogP contribution in [0.5, 0.6) is 0 Å². The number of carbonyl (C=O) groups is 2. The molecule has 1 N–H and O–H groups in total. The molecule has 3 aromatic rings. The van der Waals surface area contributed by atoms with Crippen LogP contribution in [0, 0.1) is 6.92 Å². The van der Waals surface area contributed by atoms with E-state index < -0.39 is 18.0 Å². The van der Waals surface area contributed by atoms with E-state index in [1.807, 2.05) is 24.3 Å². The van der Waals surface area contributed by atoms with Crippen molar-refractivity contribution in [2.75, 3.05) is 36.5 Å². The lowest BCUT2D eigenvalue weighted by Crippen LogP contribution is -2.36. The number of hydrogen-bond donors (Lipinski definition) is 1. The van der Waals surface area contributed by atoms with Crippen molar-refractivity contribution in [3.8, 4) is 0 Å². The first-order chi connectivity index (χ1) is 17.2. The molecule has 2 aromatic carbocycles. The average Bonchev–Trinajstić information content (AvgIpc) is 3.14. The maximum atomic E-state index is 12.9. The highest BCUT2D eigenvalue weighted by atomic mass is 35.5. The molecule has 1 atom stereocenters. The Morgan fingerprint density at radius 3 is 2.47 bits per heavy atom. The SMILES string of the molecule is Cc1nn(Cc2ccc(Cl)cc2Cl)c(Cl)c1C(=O)OC(C)C(=O)Nc1ccc(N2CCOCC2)cc1. The smallest absolute Gasteiger partial charge is 0.343 e. The minimum absolute atomic E-state index is 0.0924. The summed E-state index contributed by atoms with van der Waals surface area (Å²) < 4.78 is 12.2. The van der Waals surface area contributed by atoms with E-state index >= 15 is 0 Å². The van der Waals surface area contributed by atoms with Crippen molar-refractivity contribution < 1.29 is 19.1 Å². The highest BCUT2D eigenvalue weighted by Gasteiger charge is 2.26. The predicted molar refractivity (Wildman–Crippen MR) is 141 cm³/mol. The zero-order valence-electron chi connectivity index (χ0n) is 19.8. The predicted octanol–water partition coefficient (Wildman–Crippen LogP) is 5.22. The Balaban J connectivity index is 1.38. The quantitative estimate of drug-likeness (QED) is 0.405. The topological polar surface area (TPSA) is 85.7 Å². The normalized spacial score (nSPS) is 14.4. The summed E-state index contributed by atoms with van der Waals surface area (Å²) in [6.07, 6.45) is -1.05. The second-order valence-corrected chi connectivity index (χ2v) is 9.53. The Morgan fingerprint density at radius 2 is 1.81 bits per heavy atom. The molecule has 0 saturated carbocycles. The molecule has 8 nitrogen and oxygen atoms in total. The van der Waals surface area contributed by atoms with Gasteiger partial charge in [-0.25, -0.2) is 9.48 Å². The maximum Gasteiger partial charge on any atom is 0.343 e. The van der Waals surface area contributed by atoms with Gasteiger partial charge in [0.25, 0.3) is 5.91 Å². The summed E-state index contributed by atoms with van der Waals surface area (Å²) in [7, 11) is 0. The number of ether oxygens (including phenoxy) is 2. The summed E-state index contributed by atoms with van der Waals surface area (Å²) in [5, 5.41) is 8.16. The highest BCUT2D eigenvalue weighted by molar-refractivity contribution is 6.35. The summed E-state index contributed by atoms with van der Waals surface area (Å²) >= 11 is 18.6. The molecule has 1 aromatic heterocycles. The number of rotatable bonds is 7. The zero-order valence-corrected chi connectivity index (χ0v) is 22.0. The van der Waals surface area contributed by atoms with Gasteiger partial charge >= 0.3 is 5.97 Å². The fourth-order valence-electron chi connectivity index (χ4n) is 3.80. The second-order valence-electron chi connectivity index (χ2n) is 8.33. The first kappa shape index (κ1) is 26.3. The number of halogens is 3. The molecule has 1 amide bonds. The van der Waals surface area contributed by atoms with Gasteiger partial charge in [-0.05, 0) is 55.8 Å². The molecule has 1 aliphatic heterocycles. The van der Waals surface area contributed by atoms with Crippen molar-refractivity contribution in [1.82, 2.24) is 9.78 Å². The molecule has 4 rings (SSSR count). The molecule has 11 heteroatoms. The molecular weight excluding hydrogens is 527 g/mol. The maximum absolute atomic E-state index is 12.9. The van der Waals surface area contributed by atoms with Crippen molar-refractivity contribution in [3.05, 3.63) is 74.5 Å². The third-order valence-electron chi connectivity index (χ3n) is 5.77. The third-order valence-corrected chi connectivity index (χ3v) is 6.74. The Labute approximate surface area is 224 Å². The fourth-order valence-corrected chi connectivity index (χ4v) is 4.57. The summed E-state index contributed by atoms with van der Waals surface area (Å²) in [5.74, 6) is -1.20. The number of benzene rings is 2. The lowest BCUT2D eigenvalue weighted by molar-refractivity contribution is -0.123. The van der Waals surface area contributed by atoms with Crippen LogP contribution in [-0.4, -0.2) is 54.1 Å². The van der Waals surface area contributed by atoms with Gasteiger partial charge in [-0.2, -0.15) is 5.10 Å². The number of hydrogen-bond acceptors (Lipinski definition) is 6. The van der Waals surface area contributed by atoms with Gasteiger partial charge in [-0.15, -0.1) is 0 Å². The number of carbonyl (C=O) groups excluding carboxylic acids is 2. The largest absolute Gasteiger partial charge is 0.449 e. The summed E-state index contributed by atoms with van der Waals surface area (Å²) in [4.78, 5) is 27.7. The van der Waals surface area contributed by atoms with Crippen LogP contribution in [0.2, 0.25) is 15.2 Å². The fraction of sp³-hybridized carbons (Fsp3) is 0.320. The number of morpholine rings is 1. The van der Waals surface area contributed by atoms with E-state index in [9.17, 15) is 9.59 Å². The number of anilines is 2. The minimum atomic E-state index is -1.05. The summed E-state index contributed by atoms with van der Waals surface area (Å²) in [6.45, 7) is 6.41. The molecule has 0 bridgehead atoms. The standard InChI is InChI=1S/C25H25Cl3N4O4/c1-15-22(23(28)32(30-15)14-17-3-4-18(26)13-21(17)27)25(34)36-16(2)24(33)29-19-5-7-20(8-6-19)31-9-11-35-12-10-31/h3-8,13,16H,9-12,14H2,1-2H3,(H,29,33).